The van der Waals surface area contributed by atoms with E-state index in [2.05, 4.69) is 79.9 Å². The predicted molar refractivity (Wildman–Crippen MR) is 97.8 cm³/mol. The molecule has 0 amide bonds. The molecule has 0 saturated carbocycles. The van der Waals surface area contributed by atoms with Gasteiger partial charge < -0.3 is 4.90 Å². The summed E-state index contributed by atoms with van der Waals surface area (Å²) in [6.07, 6.45) is 4.68. The van der Waals surface area contributed by atoms with Crippen LogP contribution in [0, 0.1) is 0 Å². The first-order valence-corrected chi connectivity index (χ1v) is 8.43. The summed E-state index contributed by atoms with van der Waals surface area (Å²) in [4.78, 5) is 2.54. The van der Waals surface area contributed by atoms with E-state index in [1.165, 1.54) is 33.5 Å². The van der Waals surface area contributed by atoms with Crippen LogP contribution in [0.3, 0.4) is 0 Å². The lowest BCUT2D eigenvalue weighted by Crippen LogP contribution is -2.46. The van der Waals surface area contributed by atoms with E-state index in [0.29, 0.717) is 0 Å². The number of benzene rings is 2. The van der Waals surface area contributed by atoms with Crippen molar-refractivity contribution in [1.82, 2.24) is 4.90 Å². The van der Waals surface area contributed by atoms with Crippen LogP contribution < -0.4 is 0 Å². The van der Waals surface area contributed by atoms with Crippen LogP contribution in [0.15, 0.2) is 61.2 Å². The van der Waals surface area contributed by atoms with E-state index >= 15 is 0 Å². The molecule has 0 N–H and O–H groups in total. The SMILES string of the molecule is C=C1c2cccc3c2C(=CCC3)N(Cc2ccccc2)C1(C)C. The molecule has 2 aliphatic rings. The van der Waals surface area contributed by atoms with E-state index in [1.54, 1.807) is 0 Å². The van der Waals surface area contributed by atoms with Crippen LogP contribution in [0.1, 0.15) is 42.5 Å². The van der Waals surface area contributed by atoms with Gasteiger partial charge in [-0.15, -0.1) is 0 Å². The fraction of sp³-hybridized carbons (Fsp3) is 0.273. The maximum absolute atomic E-state index is 4.47. The minimum Gasteiger partial charge on any atom is -0.358 e. The smallest absolute Gasteiger partial charge is 0.0601 e. The van der Waals surface area contributed by atoms with Crippen LogP contribution >= 0.6 is 0 Å². The number of allylic oxidation sites excluding steroid dienone is 1. The van der Waals surface area contributed by atoms with Crippen LogP contribution in [0.4, 0.5) is 0 Å². The van der Waals surface area contributed by atoms with E-state index in [0.717, 1.165) is 19.4 Å². The Kier molecular flexibility index (Phi) is 3.19. The molecule has 0 fully saturated rings. The Morgan fingerprint density at radius 3 is 2.61 bits per heavy atom. The molecule has 0 atom stereocenters. The van der Waals surface area contributed by atoms with E-state index < -0.39 is 0 Å². The normalized spacial score (nSPS) is 18.4. The molecule has 0 spiro atoms. The van der Waals surface area contributed by atoms with Crippen LogP contribution in [-0.4, -0.2) is 10.4 Å². The minimum absolute atomic E-state index is 0.0787. The average Bonchev–Trinajstić information content (AvgIpc) is 2.58. The molecule has 1 nitrogen and oxygen atoms in total. The van der Waals surface area contributed by atoms with Crippen molar-refractivity contribution in [2.75, 3.05) is 0 Å². The van der Waals surface area contributed by atoms with Crippen molar-refractivity contribution in [2.45, 2.75) is 38.8 Å². The third kappa shape index (κ3) is 2.15. The number of rotatable bonds is 2. The largest absolute Gasteiger partial charge is 0.358 e. The van der Waals surface area contributed by atoms with Crippen molar-refractivity contribution in [3.63, 3.8) is 0 Å². The minimum atomic E-state index is -0.0787. The molecule has 116 valence electrons. The van der Waals surface area contributed by atoms with Gasteiger partial charge in [0.05, 0.1) is 5.54 Å². The summed E-state index contributed by atoms with van der Waals surface area (Å²) in [5.41, 5.74) is 8.11. The zero-order chi connectivity index (χ0) is 16.0. The van der Waals surface area contributed by atoms with Gasteiger partial charge in [0.25, 0.3) is 0 Å². The lowest BCUT2D eigenvalue weighted by atomic mass is 9.76. The molecule has 0 saturated heterocycles. The van der Waals surface area contributed by atoms with Gasteiger partial charge in [-0.05, 0) is 49.0 Å². The molecule has 0 aromatic heterocycles. The third-order valence-corrected chi connectivity index (χ3v) is 5.37. The first-order valence-electron chi connectivity index (χ1n) is 8.43. The molecule has 0 bridgehead atoms. The highest BCUT2D eigenvalue weighted by Crippen LogP contribution is 2.48. The molecule has 23 heavy (non-hydrogen) atoms. The van der Waals surface area contributed by atoms with Crippen LogP contribution in [-0.2, 0) is 13.0 Å². The number of hydrogen-bond acceptors (Lipinski definition) is 1. The molecule has 2 aromatic carbocycles. The van der Waals surface area contributed by atoms with Crippen molar-refractivity contribution in [3.05, 3.63) is 83.4 Å². The molecule has 1 heteroatoms. The topological polar surface area (TPSA) is 3.24 Å². The molecular formula is C22H23N. The lowest BCUT2D eigenvalue weighted by molar-refractivity contribution is 0.249. The Balaban J connectivity index is 1.87. The van der Waals surface area contributed by atoms with Crippen LogP contribution in [0.2, 0.25) is 0 Å². The summed E-state index contributed by atoms with van der Waals surface area (Å²) in [6.45, 7) is 9.98. The standard InChI is InChI=1S/C22H23N/c1-16-19-13-7-11-18-12-8-14-20(21(18)19)23(22(16,2)3)15-17-9-5-4-6-10-17/h4-7,9-11,13-14H,1,8,12,15H2,2-3H3. The first kappa shape index (κ1) is 14.3. The van der Waals surface area contributed by atoms with Crippen molar-refractivity contribution in [2.24, 2.45) is 0 Å². The van der Waals surface area contributed by atoms with Gasteiger partial charge in [0.1, 0.15) is 0 Å². The highest BCUT2D eigenvalue weighted by molar-refractivity contribution is 5.89. The second-order valence-corrected chi connectivity index (χ2v) is 7.08. The Hall–Kier alpha value is -2.28. The molecule has 0 radical (unpaired) electrons. The molecule has 4 rings (SSSR count). The van der Waals surface area contributed by atoms with Crippen LogP contribution in [0.5, 0.6) is 0 Å². The Morgan fingerprint density at radius 1 is 1.04 bits per heavy atom. The van der Waals surface area contributed by atoms with Gasteiger partial charge >= 0.3 is 0 Å². The Bertz CT molecular complexity index is 796. The van der Waals surface area contributed by atoms with Gasteiger partial charge in [-0.25, -0.2) is 0 Å². The van der Waals surface area contributed by atoms with E-state index in [4.69, 9.17) is 0 Å². The highest BCUT2D eigenvalue weighted by Gasteiger charge is 2.39. The van der Waals surface area contributed by atoms with Crippen LogP contribution in [0.25, 0.3) is 11.3 Å². The van der Waals surface area contributed by atoms with Crippen molar-refractivity contribution >= 4 is 11.3 Å². The van der Waals surface area contributed by atoms with Gasteiger partial charge in [0.15, 0.2) is 0 Å². The number of nitrogens with zero attached hydrogens (tertiary/aromatic N) is 1. The lowest BCUT2D eigenvalue weighted by Gasteiger charge is -2.49. The summed E-state index contributed by atoms with van der Waals surface area (Å²) in [7, 11) is 0. The average molecular weight is 301 g/mol. The maximum Gasteiger partial charge on any atom is 0.0601 e. The van der Waals surface area contributed by atoms with E-state index in [-0.39, 0.29) is 5.54 Å². The molecule has 1 aliphatic carbocycles. The molecule has 1 heterocycles. The quantitative estimate of drug-likeness (QED) is 0.729. The number of hydrogen-bond donors (Lipinski definition) is 0. The van der Waals surface area contributed by atoms with E-state index in [1.807, 2.05) is 0 Å². The maximum atomic E-state index is 4.47. The van der Waals surface area contributed by atoms with Crippen molar-refractivity contribution < 1.29 is 0 Å². The number of aryl methyl sites for hydroxylation is 1. The summed E-state index contributed by atoms with van der Waals surface area (Å²) in [6, 6.07) is 17.4. The molecular weight excluding hydrogens is 278 g/mol. The zero-order valence-corrected chi connectivity index (χ0v) is 14.0. The van der Waals surface area contributed by atoms with Crippen molar-refractivity contribution in [3.8, 4) is 0 Å². The molecule has 0 unspecified atom stereocenters. The Morgan fingerprint density at radius 2 is 1.83 bits per heavy atom. The first-order chi connectivity index (χ1) is 11.1. The fourth-order valence-corrected chi connectivity index (χ4v) is 3.92. The van der Waals surface area contributed by atoms with Gasteiger partial charge in [0.2, 0.25) is 0 Å². The second-order valence-electron chi connectivity index (χ2n) is 7.08. The van der Waals surface area contributed by atoms with Gasteiger partial charge in [-0.3, -0.25) is 0 Å². The Labute approximate surface area is 139 Å². The predicted octanol–water partition coefficient (Wildman–Crippen LogP) is 5.28. The zero-order valence-electron chi connectivity index (χ0n) is 14.0. The van der Waals surface area contributed by atoms with Crippen molar-refractivity contribution in [1.29, 1.82) is 0 Å². The second kappa shape index (κ2) is 5.13. The molecule has 1 aliphatic heterocycles. The summed E-state index contributed by atoms with van der Waals surface area (Å²) in [5, 5.41) is 0. The molecule has 2 aromatic rings. The fourth-order valence-electron chi connectivity index (χ4n) is 3.92. The summed E-state index contributed by atoms with van der Waals surface area (Å²) < 4.78 is 0. The third-order valence-electron chi connectivity index (χ3n) is 5.37. The van der Waals surface area contributed by atoms with Gasteiger partial charge in [0, 0.05) is 17.8 Å². The summed E-state index contributed by atoms with van der Waals surface area (Å²) >= 11 is 0. The highest BCUT2D eigenvalue weighted by atomic mass is 15.2. The monoisotopic (exact) mass is 301 g/mol. The summed E-state index contributed by atoms with van der Waals surface area (Å²) in [5.74, 6) is 0. The van der Waals surface area contributed by atoms with E-state index in [9.17, 15) is 0 Å². The van der Waals surface area contributed by atoms with Gasteiger partial charge in [-0.1, -0.05) is 61.2 Å². The van der Waals surface area contributed by atoms with Gasteiger partial charge in [-0.2, -0.15) is 0 Å².